The molecule has 38 heavy (non-hydrogen) atoms. The highest BCUT2D eigenvalue weighted by molar-refractivity contribution is 5.49. The SMILES string of the molecule is CNCc1cc2c(cc1OC)[C@H](O)[C@H]([C@H]1COc3ccc(OC4CCCC4)cc3[C@H]1O)[C@H](CCCOC)O2. The van der Waals surface area contributed by atoms with Crippen molar-refractivity contribution in [3.05, 3.63) is 47.0 Å². The van der Waals surface area contributed by atoms with Gasteiger partial charge in [-0.15, -0.1) is 0 Å². The first-order chi connectivity index (χ1) is 18.5. The zero-order valence-electron chi connectivity index (χ0n) is 22.7. The van der Waals surface area contributed by atoms with Crippen molar-refractivity contribution < 1.29 is 33.9 Å². The van der Waals surface area contributed by atoms with Gasteiger partial charge < -0.3 is 39.2 Å². The van der Waals surface area contributed by atoms with Crippen LogP contribution in [-0.2, 0) is 11.3 Å². The molecule has 1 saturated carbocycles. The molecule has 1 aliphatic carbocycles. The molecule has 8 heteroatoms. The van der Waals surface area contributed by atoms with Crippen molar-refractivity contribution in [2.75, 3.05) is 34.5 Å². The Balaban J connectivity index is 1.45. The second-order valence-electron chi connectivity index (χ2n) is 10.7. The van der Waals surface area contributed by atoms with Crippen molar-refractivity contribution in [2.24, 2.45) is 11.8 Å². The van der Waals surface area contributed by atoms with Gasteiger partial charge in [0, 0.05) is 48.8 Å². The molecular formula is C30H41NO7. The van der Waals surface area contributed by atoms with Gasteiger partial charge in [0.05, 0.1) is 32.0 Å². The number of benzene rings is 2. The van der Waals surface area contributed by atoms with Crippen LogP contribution in [0, 0.1) is 11.8 Å². The van der Waals surface area contributed by atoms with E-state index < -0.39 is 12.2 Å². The number of methoxy groups -OCH3 is 2. The molecule has 1 fully saturated rings. The average Bonchev–Trinajstić information content (AvgIpc) is 3.43. The summed E-state index contributed by atoms with van der Waals surface area (Å²) in [7, 11) is 5.19. The van der Waals surface area contributed by atoms with Crippen molar-refractivity contribution in [1.82, 2.24) is 5.32 Å². The minimum Gasteiger partial charge on any atom is -0.496 e. The summed E-state index contributed by atoms with van der Waals surface area (Å²) in [6, 6.07) is 9.52. The molecule has 0 aromatic heterocycles. The molecule has 0 spiro atoms. The summed E-state index contributed by atoms with van der Waals surface area (Å²) in [6.45, 7) is 1.50. The molecule has 0 unspecified atom stereocenters. The molecule has 2 aliphatic heterocycles. The first-order valence-electron chi connectivity index (χ1n) is 13.8. The van der Waals surface area contributed by atoms with Crippen LogP contribution in [0.1, 0.15) is 67.4 Å². The van der Waals surface area contributed by atoms with Gasteiger partial charge >= 0.3 is 0 Å². The summed E-state index contributed by atoms with van der Waals surface area (Å²) in [5.41, 5.74) is 2.33. The highest BCUT2D eigenvalue weighted by Gasteiger charge is 2.47. The van der Waals surface area contributed by atoms with E-state index in [1.807, 2.05) is 37.4 Å². The largest absolute Gasteiger partial charge is 0.496 e. The Bertz CT molecular complexity index is 1090. The average molecular weight is 528 g/mol. The van der Waals surface area contributed by atoms with Crippen LogP contribution in [0.4, 0.5) is 0 Å². The lowest BCUT2D eigenvalue weighted by molar-refractivity contribution is -0.0888. The van der Waals surface area contributed by atoms with Crippen LogP contribution in [0.5, 0.6) is 23.0 Å². The van der Waals surface area contributed by atoms with E-state index in [0.29, 0.717) is 47.9 Å². The Hall–Kier alpha value is -2.52. The number of fused-ring (bicyclic) bond motifs is 2. The van der Waals surface area contributed by atoms with Crippen molar-refractivity contribution >= 4 is 0 Å². The van der Waals surface area contributed by atoms with E-state index in [0.717, 1.165) is 30.6 Å². The lowest BCUT2D eigenvalue weighted by Crippen LogP contribution is -2.46. The normalized spacial score (nSPS) is 26.7. The van der Waals surface area contributed by atoms with E-state index >= 15 is 0 Å². The molecule has 2 aromatic rings. The molecule has 208 valence electrons. The minimum absolute atomic E-state index is 0.225. The molecule has 3 aliphatic rings. The Kier molecular flexibility index (Phi) is 8.63. The number of rotatable bonds is 10. The van der Waals surface area contributed by atoms with E-state index in [9.17, 15) is 10.2 Å². The number of nitrogens with one attached hydrogen (secondary N) is 1. The summed E-state index contributed by atoms with van der Waals surface area (Å²) in [5, 5.41) is 26.6. The third-order valence-electron chi connectivity index (χ3n) is 8.24. The zero-order valence-corrected chi connectivity index (χ0v) is 22.7. The Morgan fingerprint density at radius 2 is 1.79 bits per heavy atom. The summed E-state index contributed by atoms with van der Waals surface area (Å²) in [4.78, 5) is 0. The predicted molar refractivity (Wildman–Crippen MR) is 143 cm³/mol. The smallest absolute Gasteiger partial charge is 0.126 e. The number of ether oxygens (including phenoxy) is 5. The van der Waals surface area contributed by atoms with Crippen LogP contribution in [0.25, 0.3) is 0 Å². The fourth-order valence-corrected chi connectivity index (χ4v) is 6.30. The second-order valence-corrected chi connectivity index (χ2v) is 10.7. The van der Waals surface area contributed by atoms with Crippen LogP contribution in [-0.4, -0.2) is 56.9 Å². The first kappa shape index (κ1) is 27.1. The highest BCUT2D eigenvalue weighted by atomic mass is 16.5. The van der Waals surface area contributed by atoms with Gasteiger partial charge in [-0.2, -0.15) is 0 Å². The number of hydrogen-bond acceptors (Lipinski definition) is 8. The number of hydrogen-bond donors (Lipinski definition) is 3. The summed E-state index contributed by atoms with van der Waals surface area (Å²) >= 11 is 0. The predicted octanol–water partition coefficient (Wildman–Crippen LogP) is 4.32. The lowest BCUT2D eigenvalue weighted by atomic mass is 9.73. The maximum absolute atomic E-state index is 11.8. The van der Waals surface area contributed by atoms with Gasteiger partial charge in [0.25, 0.3) is 0 Å². The Labute approximate surface area is 225 Å². The quantitative estimate of drug-likeness (QED) is 0.393. The van der Waals surface area contributed by atoms with Gasteiger partial charge in [-0.3, -0.25) is 0 Å². The summed E-state index contributed by atoms with van der Waals surface area (Å²) in [6.07, 6.45) is 4.19. The molecule has 0 amide bonds. The van der Waals surface area contributed by atoms with Gasteiger partial charge in [-0.1, -0.05) is 0 Å². The maximum Gasteiger partial charge on any atom is 0.126 e. The molecule has 8 nitrogen and oxygen atoms in total. The summed E-state index contributed by atoms with van der Waals surface area (Å²) in [5.74, 6) is 2.00. The van der Waals surface area contributed by atoms with E-state index in [1.165, 1.54) is 12.8 Å². The third-order valence-corrected chi connectivity index (χ3v) is 8.24. The van der Waals surface area contributed by atoms with Gasteiger partial charge in [-0.05, 0) is 75.9 Å². The van der Waals surface area contributed by atoms with Crippen LogP contribution in [0.3, 0.4) is 0 Å². The van der Waals surface area contributed by atoms with Crippen molar-refractivity contribution in [2.45, 2.75) is 69.5 Å². The van der Waals surface area contributed by atoms with Crippen LogP contribution in [0.15, 0.2) is 30.3 Å². The van der Waals surface area contributed by atoms with Gasteiger partial charge in [-0.25, -0.2) is 0 Å². The molecule has 3 N–H and O–H groups in total. The van der Waals surface area contributed by atoms with Gasteiger partial charge in [0.15, 0.2) is 0 Å². The minimum atomic E-state index is -0.855. The van der Waals surface area contributed by atoms with Crippen molar-refractivity contribution in [3.63, 3.8) is 0 Å². The molecular weight excluding hydrogens is 486 g/mol. The summed E-state index contributed by atoms with van der Waals surface area (Å²) < 4.78 is 29.8. The van der Waals surface area contributed by atoms with Crippen LogP contribution >= 0.6 is 0 Å². The first-order valence-corrected chi connectivity index (χ1v) is 13.8. The second kappa shape index (κ2) is 12.1. The fraction of sp³-hybridized carbons (Fsp3) is 0.600. The molecule has 0 bridgehead atoms. The third kappa shape index (κ3) is 5.45. The molecule has 2 aromatic carbocycles. The zero-order chi connectivity index (χ0) is 26.6. The van der Waals surface area contributed by atoms with Crippen molar-refractivity contribution in [1.29, 1.82) is 0 Å². The van der Waals surface area contributed by atoms with Crippen LogP contribution < -0.4 is 24.3 Å². The fourth-order valence-electron chi connectivity index (χ4n) is 6.30. The Morgan fingerprint density at radius 3 is 2.53 bits per heavy atom. The van der Waals surface area contributed by atoms with E-state index in [2.05, 4.69) is 5.32 Å². The van der Waals surface area contributed by atoms with E-state index in [4.69, 9.17) is 23.7 Å². The lowest BCUT2D eigenvalue weighted by Gasteiger charge is -2.44. The topological polar surface area (TPSA) is 98.6 Å². The van der Waals surface area contributed by atoms with Gasteiger partial charge in [0.1, 0.15) is 29.1 Å². The number of aliphatic hydroxyl groups excluding tert-OH is 2. The van der Waals surface area contributed by atoms with E-state index in [-0.39, 0.29) is 30.7 Å². The van der Waals surface area contributed by atoms with Crippen molar-refractivity contribution in [3.8, 4) is 23.0 Å². The Morgan fingerprint density at radius 1 is 1.00 bits per heavy atom. The van der Waals surface area contributed by atoms with Crippen LogP contribution in [0.2, 0.25) is 0 Å². The standard InChI is InChI=1S/C30H41NO7/c1-31-16-18-13-27-22(15-26(18)35-3)30(33)28(25(38-27)9-6-12-34-2)23-17-36-24-11-10-20(14-21(24)29(23)32)37-19-7-4-5-8-19/h10-11,13-15,19,23,25,28-33H,4-9,12,16-17H2,1-3H3/t23-,25+,28-,29-,30+/m1/s1. The molecule has 2 heterocycles. The highest BCUT2D eigenvalue weighted by Crippen LogP contribution is 2.50. The molecule has 0 radical (unpaired) electrons. The van der Waals surface area contributed by atoms with E-state index in [1.54, 1.807) is 14.2 Å². The monoisotopic (exact) mass is 527 g/mol. The molecule has 5 atom stereocenters. The molecule has 5 rings (SSSR count). The molecule has 0 saturated heterocycles. The number of aliphatic hydroxyl groups is 2. The maximum atomic E-state index is 11.8. The van der Waals surface area contributed by atoms with Gasteiger partial charge in [0.2, 0.25) is 0 Å².